The summed E-state index contributed by atoms with van der Waals surface area (Å²) in [6, 6.07) is 1.34. The lowest BCUT2D eigenvalue weighted by atomic mass is 10.4. The second kappa shape index (κ2) is 3.87. The smallest absolute Gasteiger partial charge is 0.274 e. The topological polar surface area (TPSA) is 81.1 Å². The van der Waals surface area contributed by atoms with E-state index in [0.29, 0.717) is 13.0 Å². The van der Waals surface area contributed by atoms with Crippen molar-refractivity contribution in [3.8, 4) is 0 Å². The average molecular weight is 169 g/mol. The average Bonchev–Trinajstić information content (AvgIpc) is 2.03. The molecule has 0 saturated heterocycles. The second-order valence-electron chi connectivity index (χ2n) is 2.39. The van der Waals surface area contributed by atoms with Gasteiger partial charge >= 0.3 is 0 Å². The molecule has 1 aromatic heterocycles. The van der Waals surface area contributed by atoms with Crippen molar-refractivity contribution in [1.29, 1.82) is 0 Å². The Bertz CT molecular complexity index is 308. The Balaban J connectivity index is 2.79. The lowest BCUT2D eigenvalue weighted by Gasteiger charge is -2.06. The monoisotopic (exact) mass is 169 g/mol. The van der Waals surface area contributed by atoms with Crippen LogP contribution in [0.15, 0.2) is 17.1 Å². The number of hydrogen-bond acceptors (Lipinski definition) is 4. The molecular weight excluding hydrogens is 158 g/mol. The molecule has 0 radical (unpaired) electrons. The molecule has 0 unspecified atom stereocenters. The zero-order chi connectivity index (χ0) is 8.97. The molecule has 66 valence electrons. The second-order valence-corrected chi connectivity index (χ2v) is 2.39. The first-order valence-electron chi connectivity index (χ1n) is 3.68. The van der Waals surface area contributed by atoms with Crippen LogP contribution < -0.4 is 11.3 Å². The lowest BCUT2D eigenvalue weighted by Crippen LogP contribution is -2.15. The third-order valence-corrected chi connectivity index (χ3v) is 1.47. The van der Waals surface area contributed by atoms with Crippen LogP contribution in [0.4, 0.5) is 5.95 Å². The van der Waals surface area contributed by atoms with Gasteiger partial charge in [0.05, 0.1) is 0 Å². The van der Waals surface area contributed by atoms with E-state index >= 15 is 0 Å². The molecule has 0 aliphatic heterocycles. The molecule has 1 heterocycles. The van der Waals surface area contributed by atoms with Crippen molar-refractivity contribution in [3.63, 3.8) is 0 Å². The highest BCUT2D eigenvalue weighted by Gasteiger charge is 1.96. The fraction of sp³-hybridized carbons (Fsp3) is 0.429. The van der Waals surface area contributed by atoms with Crippen molar-refractivity contribution in [2.45, 2.75) is 13.0 Å². The van der Waals surface area contributed by atoms with Crippen LogP contribution in [0.5, 0.6) is 0 Å². The number of aliphatic hydroxyl groups is 1. The predicted octanol–water partition coefficient (Wildman–Crippen LogP) is -0.792. The summed E-state index contributed by atoms with van der Waals surface area (Å²) in [5.74, 6) is 0.191. The summed E-state index contributed by atoms with van der Waals surface area (Å²) < 4.78 is 1.62. The number of anilines is 1. The van der Waals surface area contributed by atoms with Crippen molar-refractivity contribution < 1.29 is 5.11 Å². The first-order chi connectivity index (χ1) is 5.74. The molecule has 0 aromatic carbocycles. The highest BCUT2D eigenvalue weighted by Crippen LogP contribution is 1.95. The molecule has 1 aromatic rings. The summed E-state index contributed by atoms with van der Waals surface area (Å²) >= 11 is 0. The molecule has 1 rings (SSSR count). The molecule has 0 saturated carbocycles. The zero-order valence-corrected chi connectivity index (χ0v) is 6.60. The normalized spacial score (nSPS) is 10.1. The summed E-state index contributed by atoms with van der Waals surface area (Å²) in [6.45, 7) is 0.682. The number of aryl methyl sites for hydroxylation is 1. The minimum atomic E-state index is -0.340. The maximum atomic E-state index is 10.7. The third-order valence-electron chi connectivity index (χ3n) is 1.47. The maximum Gasteiger partial charge on any atom is 0.274 e. The van der Waals surface area contributed by atoms with Crippen LogP contribution >= 0.6 is 0 Å². The highest BCUT2D eigenvalue weighted by atomic mass is 16.3. The van der Waals surface area contributed by atoms with Gasteiger partial charge in [0.25, 0.3) is 5.56 Å². The molecule has 0 fully saturated rings. The van der Waals surface area contributed by atoms with Crippen LogP contribution in [0.25, 0.3) is 0 Å². The quantitative estimate of drug-likeness (QED) is 0.621. The Kier molecular flexibility index (Phi) is 2.82. The van der Waals surface area contributed by atoms with E-state index in [2.05, 4.69) is 4.98 Å². The van der Waals surface area contributed by atoms with Crippen LogP contribution in [-0.4, -0.2) is 21.3 Å². The number of nitrogen functional groups attached to an aromatic ring is 1. The number of rotatable bonds is 3. The molecular formula is C7H11N3O2. The molecule has 0 aliphatic carbocycles. The summed E-state index contributed by atoms with van der Waals surface area (Å²) in [4.78, 5) is 14.2. The largest absolute Gasteiger partial charge is 0.396 e. The van der Waals surface area contributed by atoms with Gasteiger partial charge in [-0.1, -0.05) is 0 Å². The fourth-order valence-corrected chi connectivity index (χ4v) is 0.875. The lowest BCUT2D eigenvalue weighted by molar-refractivity contribution is 0.280. The van der Waals surface area contributed by atoms with E-state index in [0.717, 1.165) is 0 Å². The van der Waals surface area contributed by atoms with E-state index in [-0.39, 0.29) is 18.1 Å². The molecule has 5 heteroatoms. The minimum absolute atomic E-state index is 0.103. The number of aliphatic hydroxyl groups excluding tert-OH is 1. The highest BCUT2D eigenvalue weighted by molar-refractivity contribution is 5.15. The molecule has 0 spiro atoms. The van der Waals surface area contributed by atoms with Crippen molar-refractivity contribution >= 4 is 5.95 Å². The Morgan fingerprint density at radius 2 is 2.42 bits per heavy atom. The van der Waals surface area contributed by atoms with E-state index in [1.54, 1.807) is 10.8 Å². The van der Waals surface area contributed by atoms with Gasteiger partial charge in [-0.05, 0) is 6.42 Å². The molecule has 0 bridgehead atoms. The molecule has 5 nitrogen and oxygen atoms in total. The minimum Gasteiger partial charge on any atom is -0.396 e. The van der Waals surface area contributed by atoms with Gasteiger partial charge in [-0.2, -0.15) is 4.98 Å². The molecule has 0 aliphatic rings. The molecule has 3 N–H and O–H groups in total. The first kappa shape index (κ1) is 8.73. The van der Waals surface area contributed by atoms with Crippen molar-refractivity contribution in [1.82, 2.24) is 9.55 Å². The SMILES string of the molecule is Nc1nc(=O)ccn1CCCO. The summed E-state index contributed by atoms with van der Waals surface area (Å²) in [6.07, 6.45) is 2.18. The number of nitrogens with zero attached hydrogens (tertiary/aromatic N) is 2. The van der Waals surface area contributed by atoms with Crippen LogP contribution in [-0.2, 0) is 6.54 Å². The van der Waals surface area contributed by atoms with E-state index in [9.17, 15) is 4.79 Å². The van der Waals surface area contributed by atoms with Crippen molar-refractivity contribution in [2.75, 3.05) is 12.3 Å². The number of aromatic nitrogens is 2. The van der Waals surface area contributed by atoms with Gasteiger partial charge in [0.1, 0.15) is 0 Å². The number of nitrogens with two attached hydrogens (primary N) is 1. The zero-order valence-electron chi connectivity index (χ0n) is 6.60. The van der Waals surface area contributed by atoms with E-state index < -0.39 is 0 Å². The van der Waals surface area contributed by atoms with Gasteiger partial charge in [0.2, 0.25) is 5.95 Å². The van der Waals surface area contributed by atoms with E-state index in [4.69, 9.17) is 10.8 Å². The third kappa shape index (κ3) is 2.06. The predicted molar refractivity (Wildman–Crippen MR) is 44.6 cm³/mol. The Hall–Kier alpha value is -1.36. The van der Waals surface area contributed by atoms with Gasteiger partial charge in [-0.15, -0.1) is 0 Å². The Morgan fingerprint density at radius 3 is 3.00 bits per heavy atom. The Morgan fingerprint density at radius 1 is 1.67 bits per heavy atom. The summed E-state index contributed by atoms with van der Waals surface area (Å²) in [5.41, 5.74) is 5.09. The number of hydrogen-bond donors (Lipinski definition) is 2. The van der Waals surface area contributed by atoms with Crippen molar-refractivity contribution in [2.24, 2.45) is 0 Å². The van der Waals surface area contributed by atoms with Gasteiger partial charge in [-0.3, -0.25) is 4.79 Å². The first-order valence-corrected chi connectivity index (χ1v) is 3.68. The maximum absolute atomic E-state index is 10.7. The molecule has 12 heavy (non-hydrogen) atoms. The molecule has 0 atom stereocenters. The summed E-state index contributed by atoms with van der Waals surface area (Å²) in [7, 11) is 0. The Labute approximate surface area is 69.5 Å². The van der Waals surface area contributed by atoms with E-state index in [1.165, 1.54) is 6.07 Å². The van der Waals surface area contributed by atoms with Gasteiger partial charge in [0.15, 0.2) is 0 Å². The van der Waals surface area contributed by atoms with Crippen LogP contribution in [0, 0.1) is 0 Å². The van der Waals surface area contributed by atoms with E-state index in [1.807, 2.05) is 0 Å². The van der Waals surface area contributed by atoms with Crippen LogP contribution in [0.3, 0.4) is 0 Å². The molecule has 0 amide bonds. The van der Waals surface area contributed by atoms with Gasteiger partial charge in [0, 0.05) is 25.4 Å². The fourth-order valence-electron chi connectivity index (χ4n) is 0.875. The van der Waals surface area contributed by atoms with Crippen LogP contribution in [0.2, 0.25) is 0 Å². The summed E-state index contributed by atoms with van der Waals surface area (Å²) in [5, 5.41) is 8.54. The standard InChI is InChI=1S/C7H11N3O2/c8-7-9-6(12)2-4-10(7)3-1-5-11/h2,4,11H,1,3,5H2,(H2,8,9,12). The van der Waals surface area contributed by atoms with Gasteiger partial charge in [-0.25, -0.2) is 0 Å². The van der Waals surface area contributed by atoms with Gasteiger partial charge < -0.3 is 15.4 Å². The van der Waals surface area contributed by atoms with Crippen LogP contribution in [0.1, 0.15) is 6.42 Å². The van der Waals surface area contributed by atoms with Crippen molar-refractivity contribution in [3.05, 3.63) is 22.6 Å².